The zero-order chi connectivity index (χ0) is 17.0. The molecule has 23 heavy (non-hydrogen) atoms. The van der Waals surface area contributed by atoms with Crippen molar-refractivity contribution in [2.45, 2.75) is 6.42 Å². The Labute approximate surface area is 131 Å². The Balaban J connectivity index is 2.24. The van der Waals surface area contributed by atoms with E-state index in [1.807, 2.05) is 0 Å². The number of hydrogen-bond acceptors (Lipinski definition) is 6. The van der Waals surface area contributed by atoms with Crippen molar-refractivity contribution in [1.29, 1.82) is 0 Å². The van der Waals surface area contributed by atoms with Crippen LogP contribution in [0.4, 0.5) is 5.69 Å². The van der Waals surface area contributed by atoms with Crippen molar-refractivity contribution >= 4 is 17.3 Å². The molecule has 0 atom stereocenters. The molecule has 1 N–H and O–H groups in total. The highest BCUT2D eigenvalue weighted by molar-refractivity contribution is 6.15. The van der Waals surface area contributed by atoms with Gasteiger partial charge in [-0.15, -0.1) is 0 Å². The first-order chi connectivity index (χ1) is 10.9. The van der Waals surface area contributed by atoms with Crippen LogP contribution in [0.15, 0.2) is 42.5 Å². The molecule has 0 spiro atoms. The Bertz CT molecular complexity index is 784. The van der Waals surface area contributed by atoms with E-state index in [0.29, 0.717) is 5.75 Å². The maximum atomic E-state index is 12.2. The largest absolute Gasteiger partial charge is 0.507 e. The molecule has 0 bridgehead atoms. The van der Waals surface area contributed by atoms with E-state index < -0.39 is 22.9 Å². The lowest BCUT2D eigenvalue weighted by Gasteiger charge is -2.06. The average Bonchev–Trinajstić information content (AvgIpc) is 2.54. The molecule has 118 valence electrons. The number of nitro benzene ring substituents is 1. The van der Waals surface area contributed by atoms with Gasteiger partial charge in [0.05, 0.1) is 29.6 Å². The first-order valence-electron chi connectivity index (χ1n) is 6.61. The quantitative estimate of drug-likeness (QED) is 0.380. The monoisotopic (exact) mass is 315 g/mol. The summed E-state index contributed by atoms with van der Waals surface area (Å²) in [6.45, 7) is 0. The van der Waals surface area contributed by atoms with Gasteiger partial charge in [0.1, 0.15) is 11.5 Å². The second-order valence-electron chi connectivity index (χ2n) is 4.68. The molecule has 0 saturated carbocycles. The summed E-state index contributed by atoms with van der Waals surface area (Å²) >= 11 is 0. The van der Waals surface area contributed by atoms with Gasteiger partial charge in [0.25, 0.3) is 5.69 Å². The highest BCUT2D eigenvalue weighted by Crippen LogP contribution is 2.26. The fourth-order valence-corrected chi connectivity index (χ4v) is 2.08. The Hall–Kier alpha value is -3.22. The molecule has 2 aromatic carbocycles. The van der Waals surface area contributed by atoms with Crippen molar-refractivity contribution in [2.24, 2.45) is 0 Å². The van der Waals surface area contributed by atoms with Gasteiger partial charge in [-0.25, -0.2) is 0 Å². The average molecular weight is 315 g/mol. The van der Waals surface area contributed by atoms with Crippen LogP contribution in [0.3, 0.4) is 0 Å². The van der Waals surface area contributed by atoms with Crippen LogP contribution in [0.2, 0.25) is 0 Å². The van der Waals surface area contributed by atoms with Crippen molar-refractivity contribution in [3.05, 3.63) is 63.7 Å². The van der Waals surface area contributed by atoms with Gasteiger partial charge in [0, 0.05) is 12.1 Å². The smallest absolute Gasteiger partial charge is 0.280 e. The molecule has 0 saturated heterocycles. The lowest BCUT2D eigenvalue weighted by atomic mass is 10.00. The molecule has 0 amide bonds. The summed E-state index contributed by atoms with van der Waals surface area (Å²) < 4.78 is 4.91. The van der Waals surface area contributed by atoms with Crippen LogP contribution in [0, 0.1) is 10.1 Å². The fraction of sp³-hybridized carbons (Fsp3) is 0.125. The van der Waals surface area contributed by atoms with Crippen LogP contribution in [0.5, 0.6) is 11.5 Å². The minimum atomic E-state index is -0.683. The van der Waals surface area contributed by atoms with Crippen molar-refractivity contribution in [3.63, 3.8) is 0 Å². The molecule has 0 aromatic heterocycles. The van der Waals surface area contributed by atoms with E-state index in [2.05, 4.69) is 0 Å². The molecule has 0 radical (unpaired) electrons. The summed E-state index contributed by atoms with van der Waals surface area (Å²) in [5.41, 5.74) is -0.541. The predicted octanol–water partition coefficient (Wildman–Crippen LogP) is 2.76. The number of methoxy groups -OCH3 is 1. The summed E-state index contributed by atoms with van der Waals surface area (Å²) in [5.74, 6) is -1.26. The number of para-hydroxylation sites is 1. The standard InChI is InChI=1S/C16H13NO6/c1-23-10-6-7-12(14(18)8-10)16(20)9-15(19)11-4-2-3-5-13(11)17(21)22/h2-8,18H,9H2,1H3. The number of nitrogens with zero attached hydrogens (tertiary/aromatic N) is 1. The van der Waals surface area contributed by atoms with Gasteiger partial charge in [-0.05, 0) is 18.2 Å². The topological polar surface area (TPSA) is 107 Å². The van der Waals surface area contributed by atoms with Crippen LogP contribution in [0.25, 0.3) is 0 Å². The first kappa shape index (κ1) is 16.2. The molecule has 0 unspecified atom stereocenters. The summed E-state index contributed by atoms with van der Waals surface area (Å²) in [6.07, 6.45) is -0.579. The van der Waals surface area contributed by atoms with E-state index in [0.717, 1.165) is 0 Å². The van der Waals surface area contributed by atoms with E-state index in [1.165, 1.54) is 49.6 Å². The number of rotatable bonds is 6. The first-order valence-corrected chi connectivity index (χ1v) is 6.61. The molecule has 0 fully saturated rings. The van der Waals surface area contributed by atoms with Crippen molar-refractivity contribution in [3.8, 4) is 11.5 Å². The van der Waals surface area contributed by atoms with E-state index >= 15 is 0 Å². The number of benzene rings is 2. The molecule has 7 nitrogen and oxygen atoms in total. The number of carbonyl (C=O) groups excluding carboxylic acids is 2. The van der Waals surface area contributed by atoms with E-state index in [-0.39, 0.29) is 22.6 Å². The van der Waals surface area contributed by atoms with Crippen molar-refractivity contribution in [1.82, 2.24) is 0 Å². The number of phenols is 1. The summed E-state index contributed by atoms with van der Waals surface area (Å²) in [6, 6.07) is 9.47. The fourth-order valence-electron chi connectivity index (χ4n) is 2.08. The second-order valence-corrected chi connectivity index (χ2v) is 4.68. The Kier molecular flexibility index (Phi) is 4.70. The lowest BCUT2D eigenvalue weighted by Crippen LogP contribution is -2.10. The third-order valence-corrected chi connectivity index (χ3v) is 3.23. The van der Waals surface area contributed by atoms with Crippen LogP contribution >= 0.6 is 0 Å². The van der Waals surface area contributed by atoms with E-state index in [9.17, 15) is 24.8 Å². The molecular formula is C16H13NO6. The molecule has 0 aliphatic rings. The van der Waals surface area contributed by atoms with Gasteiger partial charge < -0.3 is 9.84 Å². The molecular weight excluding hydrogens is 302 g/mol. The van der Waals surface area contributed by atoms with Gasteiger partial charge >= 0.3 is 0 Å². The SMILES string of the molecule is COc1ccc(C(=O)CC(=O)c2ccccc2[N+](=O)[O-])c(O)c1. The third kappa shape index (κ3) is 3.52. The van der Waals surface area contributed by atoms with Crippen molar-refractivity contribution < 1.29 is 24.4 Å². The van der Waals surface area contributed by atoms with Crippen LogP contribution < -0.4 is 4.74 Å². The molecule has 0 aliphatic heterocycles. The third-order valence-electron chi connectivity index (χ3n) is 3.23. The molecule has 0 aliphatic carbocycles. The predicted molar refractivity (Wildman–Crippen MR) is 81.0 cm³/mol. The number of Topliss-reactive ketones (excluding diaryl/α,β-unsaturated/α-hetero) is 2. The lowest BCUT2D eigenvalue weighted by molar-refractivity contribution is -0.385. The highest BCUT2D eigenvalue weighted by atomic mass is 16.6. The van der Waals surface area contributed by atoms with Gasteiger partial charge in [-0.3, -0.25) is 19.7 Å². The van der Waals surface area contributed by atoms with Gasteiger partial charge in [0.2, 0.25) is 0 Å². The number of ether oxygens (including phenoxy) is 1. The van der Waals surface area contributed by atoms with Crippen molar-refractivity contribution in [2.75, 3.05) is 7.11 Å². The second kappa shape index (κ2) is 6.69. The van der Waals surface area contributed by atoms with Crippen LogP contribution in [0.1, 0.15) is 27.1 Å². The zero-order valence-electron chi connectivity index (χ0n) is 12.2. The van der Waals surface area contributed by atoms with E-state index in [4.69, 9.17) is 4.74 Å². The van der Waals surface area contributed by atoms with Gasteiger partial charge in [0.15, 0.2) is 11.6 Å². The van der Waals surface area contributed by atoms with E-state index in [1.54, 1.807) is 0 Å². The zero-order valence-corrected chi connectivity index (χ0v) is 12.2. The van der Waals surface area contributed by atoms with Crippen LogP contribution in [-0.2, 0) is 0 Å². The molecule has 2 rings (SSSR count). The minimum absolute atomic E-state index is 0.0438. The Morgan fingerprint density at radius 1 is 1.13 bits per heavy atom. The van der Waals surface area contributed by atoms with Gasteiger partial charge in [-0.2, -0.15) is 0 Å². The molecule has 2 aromatic rings. The molecule has 7 heteroatoms. The summed E-state index contributed by atoms with van der Waals surface area (Å²) in [7, 11) is 1.41. The Morgan fingerprint density at radius 2 is 1.78 bits per heavy atom. The number of ketones is 2. The summed E-state index contributed by atoms with van der Waals surface area (Å²) in [5, 5.41) is 20.7. The van der Waals surface area contributed by atoms with Gasteiger partial charge in [-0.1, -0.05) is 12.1 Å². The minimum Gasteiger partial charge on any atom is -0.507 e. The number of nitro groups is 1. The number of phenolic OH excluding ortho intramolecular Hbond substituents is 1. The number of carbonyl (C=O) groups is 2. The maximum absolute atomic E-state index is 12.2. The Morgan fingerprint density at radius 3 is 2.39 bits per heavy atom. The maximum Gasteiger partial charge on any atom is 0.280 e. The normalized spacial score (nSPS) is 10.1. The number of aromatic hydroxyl groups is 1. The summed E-state index contributed by atoms with van der Waals surface area (Å²) in [4.78, 5) is 34.5. The van der Waals surface area contributed by atoms with Crippen LogP contribution in [-0.4, -0.2) is 28.7 Å². The molecule has 0 heterocycles. The number of hydrogen-bond donors (Lipinski definition) is 1. The highest BCUT2D eigenvalue weighted by Gasteiger charge is 2.23.